The molecule has 0 fully saturated rings. The van der Waals surface area contributed by atoms with E-state index < -0.39 is 0 Å². The van der Waals surface area contributed by atoms with E-state index in [2.05, 4.69) is 338 Å². The minimum atomic E-state index is -0.340. The van der Waals surface area contributed by atoms with Crippen LogP contribution in [0.4, 0.5) is 0 Å². The van der Waals surface area contributed by atoms with Crippen LogP contribution in [-0.2, 0) is 5.41 Å². The minimum absolute atomic E-state index is 0.340. The fourth-order valence-electron chi connectivity index (χ4n) is 18.2. The lowest BCUT2D eigenvalue weighted by atomic mass is 9.85. The quantitative estimate of drug-likeness (QED) is 0.161. The number of fused-ring (bicyclic) bond motifs is 29. The van der Waals surface area contributed by atoms with Gasteiger partial charge in [0.25, 0.3) is 0 Å². The van der Waals surface area contributed by atoms with E-state index in [0.717, 1.165) is 111 Å². The summed E-state index contributed by atoms with van der Waals surface area (Å²) >= 11 is 0. The molecule has 6 heteroatoms. The highest BCUT2D eigenvalue weighted by Gasteiger charge is 2.40. The van der Waals surface area contributed by atoms with Gasteiger partial charge in [0.15, 0.2) is 5.82 Å². The molecule has 4 heterocycles. The maximum Gasteiger partial charge on any atom is 0.235 e. The van der Waals surface area contributed by atoms with E-state index in [1.54, 1.807) is 0 Å². The lowest BCUT2D eigenvalue weighted by molar-refractivity contribution is 0.635. The Balaban J connectivity index is 0.745. The van der Waals surface area contributed by atoms with Crippen LogP contribution in [0.2, 0.25) is 0 Å². The highest BCUT2D eigenvalue weighted by atomic mass is 15.2. The van der Waals surface area contributed by atoms with Crippen LogP contribution in [0.3, 0.4) is 0 Å². The van der Waals surface area contributed by atoms with Crippen LogP contribution in [0.15, 0.2) is 315 Å². The highest BCUT2D eigenvalue weighted by Crippen LogP contribution is 2.52. The Bertz CT molecular complexity index is 7550. The first-order chi connectivity index (χ1) is 50.8. The summed E-state index contributed by atoms with van der Waals surface area (Å²) in [5.41, 5.74) is 15.2. The third kappa shape index (κ3) is 7.92. The lowest BCUT2D eigenvalue weighted by Crippen LogP contribution is -2.18. The molecule has 476 valence electrons. The van der Waals surface area contributed by atoms with Crippen molar-refractivity contribution in [3.8, 4) is 56.7 Å². The van der Waals surface area contributed by atoms with Crippen LogP contribution < -0.4 is 0 Å². The van der Waals surface area contributed by atoms with Gasteiger partial charge >= 0.3 is 0 Å². The molecule has 0 N–H and O–H groups in total. The van der Waals surface area contributed by atoms with E-state index in [9.17, 15) is 0 Å². The monoisotopic (exact) mass is 1310 g/mol. The molecule has 0 aliphatic heterocycles. The molecule has 0 saturated heterocycles. The second-order valence-electron chi connectivity index (χ2n) is 28.7. The molecule has 0 saturated carbocycles. The molecule has 6 nitrogen and oxygen atoms in total. The largest absolute Gasteiger partial charge is 0.292 e. The third-order valence-electron chi connectivity index (χ3n) is 22.9. The second-order valence-corrected chi connectivity index (χ2v) is 28.7. The molecule has 22 aromatic rings. The summed E-state index contributed by atoms with van der Waals surface area (Å²) in [5.74, 6) is 1.44. The van der Waals surface area contributed by atoms with Crippen LogP contribution in [0.25, 0.3) is 219 Å². The fraction of sp³-hybridized carbons (Fsp3) is 0.0309. The average molecular weight is 1310 g/mol. The van der Waals surface area contributed by atoms with Gasteiger partial charge in [-0.3, -0.25) is 9.13 Å². The summed E-state index contributed by atoms with van der Waals surface area (Å²) in [6, 6.07) is 116. The molecular weight excluding hydrogens is 1250 g/mol. The first kappa shape index (κ1) is 56.5. The number of rotatable bonds is 5. The smallest absolute Gasteiger partial charge is 0.235 e. The zero-order chi connectivity index (χ0) is 67.5. The summed E-state index contributed by atoms with van der Waals surface area (Å²) in [6.07, 6.45) is 0. The van der Waals surface area contributed by atoms with Crippen molar-refractivity contribution in [1.82, 2.24) is 29.1 Å². The molecule has 0 radical (unpaired) electrons. The highest BCUT2D eigenvalue weighted by molar-refractivity contribution is 6.38. The summed E-state index contributed by atoms with van der Waals surface area (Å²) in [4.78, 5) is 23.2. The molecule has 0 amide bonds. The first-order valence-corrected chi connectivity index (χ1v) is 35.6. The Labute approximate surface area is 590 Å². The van der Waals surface area contributed by atoms with Gasteiger partial charge < -0.3 is 0 Å². The van der Waals surface area contributed by atoms with Gasteiger partial charge in [-0.05, 0) is 174 Å². The molecule has 0 spiro atoms. The summed E-state index contributed by atoms with van der Waals surface area (Å²) in [5, 5.41) is 29.7. The number of nitrogens with zero attached hydrogens (tertiary/aromatic N) is 6. The van der Waals surface area contributed by atoms with Gasteiger partial charge in [-0.15, -0.1) is 0 Å². The minimum Gasteiger partial charge on any atom is -0.292 e. The van der Waals surface area contributed by atoms with Crippen molar-refractivity contribution in [2.45, 2.75) is 19.3 Å². The molecule has 0 unspecified atom stereocenters. The van der Waals surface area contributed by atoms with E-state index in [1.807, 2.05) is 0 Å². The standard InChI is InChI=1S/C97H58N6/c1-97(2)80-35-19-18-34-76(80)93-94(97)99-92(56-21-4-3-5-22-56)95(100-93)102-82-46-43-74-70-31-14-15-32-71(70)77-50-63(39-42-75(77)87(74)89(82)78-51-58-24-8-10-26-60(58)53-84(78)102)62-38-41-66-64(48-62)40-45-81-88(66)91(65-37-36-55-20-6-7-23-57(55)49-65)101-96(98-81)103-83-47-44-73-69-30-13-12-28-67(69)68-29-16-17-33-72(68)86(73)90(83)79-52-59-25-9-11-27-61(59)54-85(79)103/h3-54H,1-2H3. The Morgan fingerprint density at radius 1 is 0.243 bits per heavy atom. The van der Waals surface area contributed by atoms with Crippen LogP contribution in [0.1, 0.15) is 25.1 Å². The van der Waals surface area contributed by atoms with Crippen molar-refractivity contribution in [2.75, 3.05) is 0 Å². The maximum absolute atomic E-state index is 5.87. The molecule has 4 aromatic heterocycles. The van der Waals surface area contributed by atoms with Crippen molar-refractivity contribution >= 4 is 162 Å². The molecule has 1 aliphatic carbocycles. The number of benzene rings is 18. The van der Waals surface area contributed by atoms with Gasteiger partial charge in [0.05, 0.1) is 44.7 Å². The van der Waals surface area contributed by atoms with Crippen LogP contribution >= 0.6 is 0 Å². The Morgan fingerprint density at radius 3 is 1.37 bits per heavy atom. The third-order valence-corrected chi connectivity index (χ3v) is 22.9. The van der Waals surface area contributed by atoms with Gasteiger partial charge in [-0.2, -0.15) is 0 Å². The normalized spacial score (nSPS) is 13.0. The zero-order valence-corrected chi connectivity index (χ0v) is 56.2. The van der Waals surface area contributed by atoms with Gasteiger partial charge in [-0.25, -0.2) is 19.9 Å². The molecule has 0 bridgehead atoms. The van der Waals surface area contributed by atoms with Gasteiger partial charge in [0.1, 0.15) is 5.69 Å². The average Bonchev–Trinajstić information content (AvgIpc) is 1.59. The Hall–Kier alpha value is -13.4. The van der Waals surface area contributed by atoms with Crippen molar-refractivity contribution in [3.63, 3.8) is 0 Å². The number of aromatic nitrogens is 6. The van der Waals surface area contributed by atoms with E-state index in [1.165, 1.54) is 113 Å². The van der Waals surface area contributed by atoms with Crippen molar-refractivity contribution in [1.29, 1.82) is 0 Å². The summed E-state index contributed by atoms with van der Waals surface area (Å²) in [6.45, 7) is 4.57. The number of hydrogen-bond donors (Lipinski definition) is 0. The van der Waals surface area contributed by atoms with E-state index in [0.29, 0.717) is 5.95 Å². The maximum atomic E-state index is 5.87. The lowest BCUT2D eigenvalue weighted by Gasteiger charge is -2.21. The van der Waals surface area contributed by atoms with E-state index >= 15 is 0 Å². The Kier molecular flexibility index (Phi) is 11.4. The number of hydrogen-bond acceptors (Lipinski definition) is 4. The topological polar surface area (TPSA) is 61.4 Å². The van der Waals surface area contributed by atoms with Crippen molar-refractivity contribution in [2.24, 2.45) is 0 Å². The molecule has 1 aliphatic rings. The SMILES string of the molecule is CC1(C)c2ccccc2-c2nc(-n3c4cc5ccccc5cc4c4c5c(ccc43)c3ccccc3c3cc(-c4ccc6c(ccc7nc(-n8c9cc%10ccccc%10cc9c9c%10c%11ccccc%11c%11ccccc%11c%10ccc98)nc(-c8ccc9ccccc9c8)c76)c4)ccc35)c(-c3ccccc3)nc21. The fourth-order valence-corrected chi connectivity index (χ4v) is 18.2. The van der Waals surface area contributed by atoms with E-state index in [4.69, 9.17) is 19.9 Å². The van der Waals surface area contributed by atoms with Crippen LogP contribution in [0.5, 0.6) is 0 Å². The Morgan fingerprint density at radius 2 is 0.709 bits per heavy atom. The van der Waals surface area contributed by atoms with Gasteiger partial charge in [-0.1, -0.05) is 269 Å². The van der Waals surface area contributed by atoms with Crippen LogP contribution in [-0.4, -0.2) is 29.1 Å². The predicted molar refractivity (Wildman–Crippen MR) is 433 cm³/mol. The molecule has 103 heavy (non-hydrogen) atoms. The molecule has 18 aromatic carbocycles. The zero-order valence-electron chi connectivity index (χ0n) is 56.2. The molecule has 0 atom stereocenters. The second kappa shape index (κ2) is 20.8. The van der Waals surface area contributed by atoms with Crippen molar-refractivity contribution < 1.29 is 0 Å². The van der Waals surface area contributed by atoms with Crippen LogP contribution in [0, 0.1) is 0 Å². The van der Waals surface area contributed by atoms with Gasteiger partial charge in [0, 0.05) is 59.8 Å². The molecule has 23 rings (SSSR count). The van der Waals surface area contributed by atoms with Crippen molar-refractivity contribution in [3.05, 3.63) is 327 Å². The predicted octanol–water partition coefficient (Wildman–Crippen LogP) is 25.5. The van der Waals surface area contributed by atoms with Gasteiger partial charge in [0.2, 0.25) is 5.95 Å². The summed E-state index contributed by atoms with van der Waals surface area (Å²) in [7, 11) is 0. The first-order valence-electron chi connectivity index (χ1n) is 35.6. The summed E-state index contributed by atoms with van der Waals surface area (Å²) < 4.78 is 4.75. The molecular formula is C97H58N6. The van der Waals surface area contributed by atoms with E-state index in [-0.39, 0.29) is 5.41 Å².